The fourth-order valence-electron chi connectivity index (χ4n) is 1.21. The van der Waals surface area contributed by atoms with E-state index in [0.29, 0.717) is 12.0 Å². The molecule has 1 aromatic carbocycles. The number of aliphatic hydroxyl groups excluding tert-OH is 1. The smallest absolute Gasteiger partial charge is 0.142 e. The number of rotatable bonds is 3. The summed E-state index contributed by atoms with van der Waals surface area (Å²) in [5.74, 6) is -0.477. The van der Waals surface area contributed by atoms with Gasteiger partial charge in [-0.1, -0.05) is 37.1 Å². The highest BCUT2D eigenvalue weighted by Crippen LogP contribution is 2.27. The summed E-state index contributed by atoms with van der Waals surface area (Å²) in [7, 11) is 0. The predicted octanol–water partition coefficient (Wildman–Crippen LogP) is 3.31. The predicted molar refractivity (Wildman–Crippen MR) is 51.3 cm³/mol. The lowest BCUT2D eigenvalue weighted by atomic mass is 10.1. The lowest BCUT2D eigenvalue weighted by molar-refractivity contribution is 0.166. The van der Waals surface area contributed by atoms with Crippen LogP contribution in [0, 0.1) is 5.82 Å². The Labute approximate surface area is 82.2 Å². The van der Waals surface area contributed by atoms with E-state index >= 15 is 0 Å². The van der Waals surface area contributed by atoms with Gasteiger partial charge in [-0.25, -0.2) is 4.39 Å². The van der Waals surface area contributed by atoms with Crippen molar-refractivity contribution < 1.29 is 9.50 Å². The maximum atomic E-state index is 12.9. The molecule has 1 unspecified atom stereocenters. The van der Waals surface area contributed by atoms with Crippen molar-refractivity contribution in [3.05, 3.63) is 34.6 Å². The molecule has 0 amide bonds. The maximum absolute atomic E-state index is 12.9. The summed E-state index contributed by atoms with van der Waals surface area (Å²) >= 11 is 5.69. The molecule has 0 aromatic heterocycles. The summed E-state index contributed by atoms with van der Waals surface area (Å²) in [4.78, 5) is 0. The minimum atomic E-state index is -0.659. The molecular weight excluding hydrogens is 191 g/mol. The summed E-state index contributed by atoms with van der Waals surface area (Å²) in [5.41, 5.74) is 0.475. The molecule has 72 valence electrons. The van der Waals surface area contributed by atoms with Gasteiger partial charge in [-0.05, 0) is 12.5 Å². The van der Waals surface area contributed by atoms with Gasteiger partial charge in [0.05, 0.1) is 11.1 Å². The zero-order valence-electron chi connectivity index (χ0n) is 7.43. The number of halogens is 2. The van der Waals surface area contributed by atoms with Crippen LogP contribution >= 0.6 is 11.6 Å². The van der Waals surface area contributed by atoms with Crippen molar-refractivity contribution >= 4 is 11.6 Å². The molecule has 13 heavy (non-hydrogen) atoms. The molecule has 0 heterocycles. The molecule has 0 aliphatic rings. The van der Waals surface area contributed by atoms with Gasteiger partial charge in [0.15, 0.2) is 0 Å². The Kier molecular flexibility index (Phi) is 3.70. The van der Waals surface area contributed by atoms with Gasteiger partial charge >= 0.3 is 0 Å². The molecule has 0 saturated carbocycles. The average Bonchev–Trinajstić information content (AvgIpc) is 2.10. The lowest BCUT2D eigenvalue weighted by Crippen LogP contribution is -1.98. The first kappa shape index (κ1) is 10.5. The molecule has 0 aliphatic carbocycles. The van der Waals surface area contributed by atoms with Gasteiger partial charge in [-0.3, -0.25) is 0 Å². The number of benzene rings is 1. The Balaban J connectivity index is 2.93. The van der Waals surface area contributed by atoms with E-state index < -0.39 is 11.9 Å². The Morgan fingerprint density at radius 1 is 1.54 bits per heavy atom. The summed E-state index contributed by atoms with van der Waals surface area (Å²) in [6, 6.07) is 4.48. The molecule has 1 aromatic rings. The highest BCUT2D eigenvalue weighted by molar-refractivity contribution is 6.31. The molecule has 1 atom stereocenters. The third-order valence-electron chi connectivity index (χ3n) is 1.90. The van der Waals surface area contributed by atoms with E-state index in [-0.39, 0.29) is 5.02 Å². The molecule has 1 rings (SSSR count). The van der Waals surface area contributed by atoms with Crippen LogP contribution in [0.1, 0.15) is 31.4 Å². The van der Waals surface area contributed by atoms with E-state index in [0.717, 1.165) is 6.42 Å². The summed E-state index contributed by atoms with van der Waals surface area (Å²) in [6.45, 7) is 1.95. The standard InChI is InChI=1S/C10H12ClFO/c1-2-4-9(13)7-5-3-6-8(12)10(7)11/h3,5-6,9,13H,2,4H2,1H3. The van der Waals surface area contributed by atoms with Crippen LogP contribution in [0.15, 0.2) is 18.2 Å². The maximum Gasteiger partial charge on any atom is 0.142 e. The Hall–Kier alpha value is -0.600. The number of aliphatic hydroxyl groups is 1. The summed E-state index contributed by atoms with van der Waals surface area (Å²) in [6.07, 6.45) is 0.783. The van der Waals surface area contributed by atoms with Crippen LogP contribution < -0.4 is 0 Å². The fourth-order valence-corrected chi connectivity index (χ4v) is 1.46. The summed E-state index contributed by atoms with van der Waals surface area (Å²) in [5, 5.41) is 9.61. The molecule has 1 nitrogen and oxygen atoms in total. The number of hydrogen-bond acceptors (Lipinski definition) is 1. The van der Waals surface area contributed by atoms with E-state index in [1.54, 1.807) is 12.1 Å². The number of hydrogen-bond donors (Lipinski definition) is 1. The van der Waals surface area contributed by atoms with E-state index in [4.69, 9.17) is 11.6 Å². The van der Waals surface area contributed by atoms with Crippen LogP contribution in [0.3, 0.4) is 0 Å². The molecule has 0 aliphatic heterocycles. The largest absolute Gasteiger partial charge is 0.388 e. The second-order valence-electron chi connectivity index (χ2n) is 2.95. The van der Waals surface area contributed by atoms with Gasteiger partial charge in [0, 0.05) is 5.56 Å². The quantitative estimate of drug-likeness (QED) is 0.798. The van der Waals surface area contributed by atoms with Crippen molar-refractivity contribution in [1.29, 1.82) is 0 Å². The zero-order valence-corrected chi connectivity index (χ0v) is 8.18. The van der Waals surface area contributed by atoms with Crippen molar-refractivity contribution in [1.82, 2.24) is 0 Å². The molecular formula is C10H12ClFO. The highest BCUT2D eigenvalue weighted by atomic mass is 35.5. The van der Waals surface area contributed by atoms with Gasteiger partial charge in [0.1, 0.15) is 5.82 Å². The highest BCUT2D eigenvalue weighted by Gasteiger charge is 2.12. The first-order chi connectivity index (χ1) is 6.16. The van der Waals surface area contributed by atoms with Crippen LogP contribution in [-0.4, -0.2) is 5.11 Å². The normalized spacial score (nSPS) is 12.9. The minimum absolute atomic E-state index is 0.0310. The first-order valence-electron chi connectivity index (χ1n) is 4.28. The lowest BCUT2D eigenvalue weighted by Gasteiger charge is -2.11. The molecule has 0 bridgehead atoms. The summed E-state index contributed by atoms with van der Waals surface area (Å²) < 4.78 is 12.9. The van der Waals surface area contributed by atoms with Crippen molar-refractivity contribution in [2.75, 3.05) is 0 Å². The Bertz CT molecular complexity index is 288. The van der Waals surface area contributed by atoms with E-state index in [1.165, 1.54) is 6.07 Å². The van der Waals surface area contributed by atoms with Gasteiger partial charge in [0.2, 0.25) is 0 Å². The topological polar surface area (TPSA) is 20.2 Å². The fraction of sp³-hybridized carbons (Fsp3) is 0.400. The van der Waals surface area contributed by atoms with Crippen molar-refractivity contribution in [3.8, 4) is 0 Å². The van der Waals surface area contributed by atoms with Crippen molar-refractivity contribution in [3.63, 3.8) is 0 Å². The minimum Gasteiger partial charge on any atom is -0.388 e. The molecule has 0 spiro atoms. The molecule has 0 fully saturated rings. The van der Waals surface area contributed by atoms with E-state index in [2.05, 4.69) is 0 Å². The van der Waals surface area contributed by atoms with Crippen LogP contribution in [0.4, 0.5) is 4.39 Å². The SMILES string of the molecule is CCCC(O)c1cccc(F)c1Cl. The van der Waals surface area contributed by atoms with Crippen molar-refractivity contribution in [2.24, 2.45) is 0 Å². The van der Waals surface area contributed by atoms with Crippen LogP contribution in [-0.2, 0) is 0 Å². The monoisotopic (exact) mass is 202 g/mol. The van der Waals surface area contributed by atoms with Crippen molar-refractivity contribution in [2.45, 2.75) is 25.9 Å². The third kappa shape index (κ3) is 2.42. The van der Waals surface area contributed by atoms with Crippen LogP contribution in [0.5, 0.6) is 0 Å². The van der Waals surface area contributed by atoms with Gasteiger partial charge < -0.3 is 5.11 Å². The zero-order chi connectivity index (χ0) is 9.84. The Morgan fingerprint density at radius 3 is 2.85 bits per heavy atom. The average molecular weight is 203 g/mol. The van der Waals surface area contributed by atoms with Crippen LogP contribution in [0.25, 0.3) is 0 Å². The van der Waals surface area contributed by atoms with Gasteiger partial charge in [0.25, 0.3) is 0 Å². The molecule has 1 N–H and O–H groups in total. The van der Waals surface area contributed by atoms with Crippen LogP contribution in [0.2, 0.25) is 5.02 Å². The molecule has 0 radical (unpaired) electrons. The second kappa shape index (κ2) is 4.58. The Morgan fingerprint density at radius 2 is 2.23 bits per heavy atom. The van der Waals surface area contributed by atoms with E-state index in [9.17, 15) is 9.50 Å². The first-order valence-corrected chi connectivity index (χ1v) is 4.66. The van der Waals surface area contributed by atoms with Gasteiger partial charge in [-0.2, -0.15) is 0 Å². The van der Waals surface area contributed by atoms with Gasteiger partial charge in [-0.15, -0.1) is 0 Å². The third-order valence-corrected chi connectivity index (χ3v) is 2.30. The van der Waals surface area contributed by atoms with E-state index in [1.807, 2.05) is 6.92 Å². The molecule has 0 saturated heterocycles. The second-order valence-corrected chi connectivity index (χ2v) is 3.33. The molecule has 3 heteroatoms.